The number of aryl methyl sites for hydroxylation is 3. The fourth-order valence-electron chi connectivity index (χ4n) is 3.14. The Morgan fingerprint density at radius 2 is 1.67 bits per heavy atom. The highest BCUT2D eigenvalue weighted by Gasteiger charge is 2.12. The average Bonchev–Trinajstić information content (AvgIpc) is 2.68. The molecule has 7 heteroatoms. The second kappa shape index (κ2) is 8.82. The smallest absolute Gasteiger partial charge is 0.336 e. The summed E-state index contributed by atoms with van der Waals surface area (Å²) in [5.41, 5.74) is 3.89. The summed E-state index contributed by atoms with van der Waals surface area (Å²) in [5, 5.41) is 6.32. The quantitative estimate of drug-likeness (QED) is 0.602. The molecule has 0 saturated heterocycles. The first-order chi connectivity index (χ1) is 14.3. The Bertz CT molecular complexity index is 1180. The van der Waals surface area contributed by atoms with Crippen LogP contribution in [0, 0.1) is 13.8 Å². The lowest BCUT2D eigenvalue weighted by molar-refractivity contribution is -0.118. The molecule has 0 unspecified atom stereocenters. The van der Waals surface area contributed by atoms with Crippen LogP contribution in [0.15, 0.2) is 45.6 Å². The van der Waals surface area contributed by atoms with Gasteiger partial charge in [0, 0.05) is 24.4 Å². The van der Waals surface area contributed by atoms with E-state index in [2.05, 4.69) is 10.6 Å². The van der Waals surface area contributed by atoms with Gasteiger partial charge < -0.3 is 19.8 Å². The minimum atomic E-state index is -0.422. The Morgan fingerprint density at radius 1 is 1.00 bits per heavy atom. The van der Waals surface area contributed by atoms with Gasteiger partial charge in [-0.25, -0.2) is 4.79 Å². The van der Waals surface area contributed by atoms with E-state index in [0.29, 0.717) is 29.1 Å². The van der Waals surface area contributed by atoms with Crippen molar-refractivity contribution in [2.45, 2.75) is 34.1 Å². The van der Waals surface area contributed by atoms with Crippen LogP contribution in [0.1, 0.15) is 30.5 Å². The zero-order valence-electron chi connectivity index (χ0n) is 17.4. The monoisotopic (exact) mass is 408 g/mol. The van der Waals surface area contributed by atoms with Crippen LogP contribution in [-0.2, 0) is 16.0 Å². The summed E-state index contributed by atoms with van der Waals surface area (Å²) in [5.74, 6) is -0.195. The molecule has 0 aliphatic carbocycles. The van der Waals surface area contributed by atoms with Crippen LogP contribution in [0.3, 0.4) is 0 Å². The molecule has 2 N–H and O–H groups in total. The molecule has 0 radical (unpaired) electrons. The zero-order chi connectivity index (χ0) is 21.8. The summed E-state index contributed by atoms with van der Waals surface area (Å²) in [7, 11) is 0. The van der Waals surface area contributed by atoms with Crippen LogP contribution in [0.25, 0.3) is 11.0 Å². The first kappa shape index (κ1) is 21.1. The van der Waals surface area contributed by atoms with E-state index in [0.717, 1.165) is 22.1 Å². The van der Waals surface area contributed by atoms with Crippen molar-refractivity contribution in [3.8, 4) is 5.75 Å². The predicted molar refractivity (Wildman–Crippen MR) is 116 cm³/mol. The number of fused-ring (bicyclic) bond motifs is 1. The van der Waals surface area contributed by atoms with Gasteiger partial charge in [-0.05, 0) is 61.2 Å². The Hall–Kier alpha value is -3.61. The highest BCUT2D eigenvalue weighted by Crippen LogP contribution is 2.26. The maximum atomic E-state index is 12.4. The first-order valence-electron chi connectivity index (χ1n) is 9.65. The van der Waals surface area contributed by atoms with E-state index < -0.39 is 5.63 Å². The van der Waals surface area contributed by atoms with Gasteiger partial charge >= 0.3 is 5.63 Å². The molecule has 0 aliphatic heterocycles. The molecule has 0 atom stereocenters. The van der Waals surface area contributed by atoms with E-state index >= 15 is 0 Å². The summed E-state index contributed by atoms with van der Waals surface area (Å²) in [6.07, 6.45) is 0.706. The van der Waals surface area contributed by atoms with Crippen LogP contribution in [0.5, 0.6) is 5.75 Å². The van der Waals surface area contributed by atoms with Crippen molar-refractivity contribution >= 4 is 34.2 Å². The second-order valence-electron chi connectivity index (χ2n) is 7.10. The normalized spacial score (nSPS) is 10.7. The van der Waals surface area contributed by atoms with Crippen LogP contribution < -0.4 is 21.0 Å². The van der Waals surface area contributed by atoms with Gasteiger partial charge in [0.25, 0.3) is 5.91 Å². The Morgan fingerprint density at radius 3 is 2.30 bits per heavy atom. The number of ether oxygens (including phenoxy) is 1. The molecule has 30 heavy (non-hydrogen) atoms. The third kappa shape index (κ3) is 4.86. The van der Waals surface area contributed by atoms with Crippen molar-refractivity contribution in [1.82, 2.24) is 0 Å². The Kier molecular flexibility index (Phi) is 6.20. The molecule has 0 saturated carbocycles. The van der Waals surface area contributed by atoms with Crippen molar-refractivity contribution in [3.05, 3.63) is 63.5 Å². The van der Waals surface area contributed by atoms with E-state index in [1.807, 2.05) is 32.9 Å². The van der Waals surface area contributed by atoms with Gasteiger partial charge in [-0.15, -0.1) is 0 Å². The van der Waals surface area contributed by atoms with Crippen LogP contribution in [0.2, 0.25) is 0 Å². The number of hydrogen-bond donors (Lipinski definition) is 2. The first-order valence-corrected chi connectivity index (χ1v) is 9.65. The van der Waals surface area contributed by atoms with E-state index in [4.69, 9.17) is 9.15 Å². The average molecular weight is 408 g/mol. The van der Waals surface area contributed by atoms with E-state index in [1.165, 1.54) is 13.0 Å². The molecule has 3 aromatic rings. The number of carbonyl (C=O) groups is 2. The molecule has 0 bridgehead atoms. The number of nitrogens with one attached hydrogen (secondary N) is 2. The fourth-order valence-corrected chi connectivity index (χ4v) is 3.14. The maximum absolute atomic E-state index is 12.4. The molecule has 1 heterocycles. The summed E-state index contributed by atoms with van der Waals surface area (Å²) >= 11 is 0. The molecule has 0 spiro atoms. The molecule has 0 aliphatic rings. The summed E-state index contributed by atoms with van der Waals surface area (Å²) in [4.78, 5) is 35.6. The zero-order valence-corrected chi connectivity index (χ0v) is 17.4. The van der Waals surface area contributed by atoms with Gasteiger partial charge in [-0.3, -0.25) is 9.59 Å². The molecular formula is C23H24N2O5. The third-order valence-electron chi connectivity index (χ3n) is 4.77. The van der Waals surface area contributed by atoms with Crippen molar-refractivity contribution in [1.29, 1.82) is 0 Å². The number of hydrogen-bond acceptors (Lipinski definition) is 5. The largest absolute Gasteiger partial charge is 0.484 e. The van der Waals surface area contributed by atoms with E-state index in [1.54, 1.807) is 18.2 Å². The minimum absolute atomic E-state index is 0.228. The lowest BCUT2D eigenvalue weighted by Crippen LogP contribution is -2.21. The van der Waals surface area contributed by atoms with Crippen molar-refractivity contribution < 1.29 is 18.7 Å². The maximum Gasteiger partial charge on any atom is 0.336 e. The fraction of sp³-hybridized carbons (Fsp3) is 0.261. The standard InChI is InChI=1S/C23H24N2O5/c1-5-16-10-23(28)30-21-11-17(6-7-18(16)21)29-12-22(27)25-20-9-14(3)13(2)8-19(20)24-15(4)26/h6-11H,5,12H2,1-4H3,(H,24,26)(H,25,27). The van der Waals surface area contributed by atoms with Gasteiger partial charge in [0.15, 0.2) is 6.61 Å². The summed E-state index contributed by atoms with van der Waals surface area (Å²) in [6, 6.07) is 10.2. The highest BCUT2D eigenvalue weighted by molar-refractivity contribution is 5.99. The Balaban J connectivity index is 1.74. The highest BCUT2D eigenvalue weighted by atomic mass is 16.5. The number of benzene rings is 2. The van der Waals surface area contributed by atoms with Crippen molar-refractivity contribution in [3.63, 3.8) is 0 Å². The summed E-state index contributed by atoms with van der Waals surface area (Å²) in [6.45, 7) is 6.98. The SMILES string of the molecule is CCc1cc(=O)oc2cc(OCC(=O)Nc3cc(C)c(C)cc3NC(C)=O)ccc12. The molecule has 2 amide bonds. The second-order valence-corrected chi connectivity index (χ2v) is 7.10. The van der Waals surface area contributed by atoms with Gasteiger partial charge in [0.2, 0.25) is 5.91 Å². The molecule has 3 rings (SSSR count). The lowest BCUT2D eigenvalue weighted by atomic mass is 10.1. The number of carbonyl (C=O) groups excluding carboxylic acids is 2. The van der Waals surface area contributed by atoms with Gasteiger partial charge in [-0.2, -0.15) is 0 Å². The van der Waals surface area contributed by atoms with Crippen LogP contribution in [-0.4, -0.2) is 18.4 Å². The summed E-state index contributed by atoms with van der Waals surface area (Å²) < 4.78 is 10.8. The van der Waals surface area contributed by atoms with Crippen LogP contribution >= 0.6 is 0 Å². The van der Waals surface area contributed by atoms with Crippen molar-refractivity contribution in [2.75, 3.05) is 17.2 Å². The van der Waals surface area contributed by atoms with Gasteiger partial charge in [-0.1, -0.05) is 6.92 Å². The number of amides is 2. The van der Waals surface area contributed by atoms with Crippen LogP contribution in [0.4, 0.5) is 11.4 Å². The van der Waals surface area contributed by atoms with Crippen molar-refractivity contribution in [2.24, 2.45) is 0 Å². The molecular weight excluding hydrogens is 384 g/mol. The third-order valence-corrected chi connectivity index (χ3v) is 4.77. The Labute approximate surface area is 174 Å². The lowest BCUT2D eigenvalue weighted by Gasteiger charge is -2.15. The number of rotatable bonds is 6. The van der Waals surface area contributed by atoms with E-state index in [-0.39, 0.29) is 18.4 Å². The minimum Gasteiger partial charge on any atom is -0.484 e. The van der Waals surface area contributed by atoms with Gasteiger partial charge in [0.1, 0.15) is 11.3 Å². The molecule has 1 aromatic heterocycles. The molecule has 0 fully saturated rings. The topological polar surface area (TPSA) is 97.6 Å². The van der Waals surface area contributed by atoms with Gasteiger partial charge in [0.05, 0.1) is 11.4 Å². The molecule has 2 aromatic carbocycles. The van der Waals surface area contributed by atoms with E-state index in [9.17, 15) is 14.4 Å². The molecule has 156 valence electrons. The number of anilines is 2. The molecule has 7 nitrogen and oxygen atoms in total. The predicted octanol–water partition coefficient (Wildman–Crippen LogP) is 3.95.